The van der Waals surface area contributed by atoms with E-state index in [2.05, 4.69) is 19.2 Å². The Morgan fingerprint density at radius 3 is 2.62 bits per heavy atom. The standard InChI is InChI=1S/C10H19NO2/c1-7-5-12-6-9(11-7)10-4-3-8(2)13-10/h7-11H,3-6H2,1-2H3. The first-order valence-electron chi connectivity index (χ1n) is 5.25. The van der Waals surface area contributed by atoms with Crippen molar-refractivity contribution in [2.75, 3.05) is 13.2 Å². The zero-order valence-corrected chi connectivity index (χ0v) is 8.45. The number of morpholine rings is 1. The molecule has 2 saturated heterocycles. The van der Waals surface area contributed by atoms with Gasteiger partial charge in [0.1, 0.15) is 0 Å². The van der Waals surface area contributed by atoms with Gasteiger partial charge in [0.15, 0.2) is 0 Å². The number of ether oxygens (including phenoxy) is 2. The van der Waals surface area contributed by atoms with Crippen LogP contribution in [0.1, 0.15) is 26.7 Å². The highest BCUT2D eigenvalue weighted by molar-refractivity contribution is 4.86. The van der Waals surface area contributed by atoms with Crippen molar-refractivity contribution in [2.45, 2.75) is 51.0 Å². The van der Waals surface area contributed by atoms with Crippen LogP contribution in [-0.4, -0.2) is 37.5 Å². The van der Waals surface area contributed by atoms with E-state index in [9.17, 15) is 0 Å². The topological polar surface area (TPSA) is 30.5 Å². The molecule has 3 nitrogen and oxygen atoms in total. The average molecular weight is 185 g/mol. The predicted octanol–water partition coefficient (Wildman–Crippen LogP) is 0.931. The fraction of sp³-hybridized carbons (Fsp3) is 1.00. The van der Waals surface area contributed by atoms with Gasteiger partial charge in [-0.15, -0.1) is 0 Å². The number of hydrogen-bond acceptors (Lipinski definition) is 3. The lowest BCUT2D eigenvalue weighted by Crippen LogP contribution is -2.53. The summed E-state index contributed by atoms with van der Waals surface area (Å²) >= 11 is 0. The molecule has 76 valence electrons. The minimum Gasteiger partial charge on any atom is -0.378 e. The van der Waals surface area contributed by atoms with E-state index in [1.54, 1.807) is 0 Å². The molecule has 2 fully saturated rings. The summed E-state index contributed by atoms with van der Waals surface area (Å²) in [6.07, 6.45) is 3.17. The Bertz CT molecular complexity index is 174. The molecule has 4 atom stereocenters. The molecule has 0 saturated carbocycles. The minimum absolute atomic E-state index is 0.373. The van der Waals surface area contributed by atoms with Gasteiger partial charge in [-0.25, -0.2) is 0 Å². The molecule has 2 heterocycles. The number of nitrogens with one attached hydrogen (secondary N) is 1. The molecule has 0 aromatic rings. The van der Waals surface area contributed by atoms with Crippen LogP contribution in [0, 0.1) is 0 Å². The molecule has 0 spiro atoms. The van der Waals surface area contributed by atoms with Crippen LogP contribution in [0.3, 0.4) is 0 Å². The molecular formula is C10H19NO2. The van der Waals surface area contributed by atoms with Crippen molar-refractivity contribution in [1.29, 1.82) is 0 Å². The smallest absolute Gasteiger partial charge is 0.0755 e. The highest BCUT2D eigenvalue weighted by Gasteiger charge is 2.32. The molecule has 0 radical (unpaired) electrons. The van der Waals surface area contributed by atoms with Gasteiger partial charge < -0.3 is 14.8 Å². The SMILES string of the molecule is CC1COCC(C2CCC(C)O2)N1. The van der Waals surface area contributed by atoms with Gasteiger partial charge in [-0.05, 0) is 26.7 Å². The number of rotatable bonds is 1. The summed E-state index contributed by atoms with van der Waals surface area (Å²) in [5, 5.41) is 3.53. The predicted molar refractivity (Wildman–Crippen MR) is 50.8 cm³/mol. The molecule has 13 heavy (non-hydrogen) atoms. The Hall–Kier alpha value is -0.120. The van der Waals surface area contributed by atoms with E-state index < -0.39 is 0 Å². The lowest BCUT2D eigenvalue weighted by molar-refractivity contribution is -0.0287. The highest BCUT2D eigenvalue weighted by Crippen LogP contribution is 2.23. The van der Waals surface area contributed by atoms with Crippen molar-refractivity contribution in [3.8, 4) is 0 Å². The molecule has 0 amide bonds. The Balaban J connectivity index is 1.85. The molecule has 0 aromatic carbocycles. The fourth-order valence-corrected chi connectivity index (χ4v) is 2.18. The maximum Gasteiger partial charge on any atom is 0.0755 e. The monoisotopic (exact) mass is 185 g/mol. The molecule has 2 rings (SSSR count). The molecule has 1 N–H and O–H groups in total. The molecule has 3 heteroatoms. The van der Waals surface area contributed by atoms with E-state index >= 15 is 0 Å². The van der Waals surface area contributed by atoms with Crippen LogP contribution in [0.15, 0.2) is 0 Å². The van der Waals surface area contributed by atoms with Crippen LogP contribution >= 0.6 is 0 Å². The maximum absolute atomic E-state index is 5.81. The lowest BCUT2D eigenvalue weighted by Gasteiger charge is -2.32. The first-order valence-corrected chi connectivity index (χ1v) is 5.25. The highest BCUT2D eigenvalue weighted by atomic mass is 16.5. The zero-order chi connectivity index (χ0) is 9.26. The van der Waals surface area contributed by atoms with E-state index in [0.29, 0.717) is 24.3 Å². The zero-order valence-electron chi connectivity index (χ0n) is 8.45. The summed E-state index contributed by atoms with van der Waals surface area (Å²) < 4.78 is 11.3. The molecule has 0 aromatic heterocycles. The van der Waals surface area contributed by atoms with Gasteiger partial charge in [0.2, 0.25) is 0 Å². The van der Waals surface area contributed by atoms with Gasteiger partial charge in [0, 0.05) is 6.04 Å². The largest absolute Gasteiger partial charge is 0.378 e. The van der Waals surface area contributed by atoms with Gasteiger partial charge in [0.25, 0.3) is 0 Å². The van der Waals surface area contributed by atoms with E-state index in [0.717, 1.165) is 13.2 Å². The summed E-state index contributed by atoms with van der Waals surface area (Å²) in [4.78, 5) is 0. The van der Waals surface area contributed by atoms with Crippen molar-refractivity contribution in [2.24, 2.45) is 0 Å². The first-order chi connectivity index (χ1) is 6.25. The minimum atomic E-state index is 0.373. The van der Waals surface area contributed by atoms with Crippen LogP contribution in [0.2, 0.25) is 0 Å². The Morgan fingerprint density at radius 2 is 2.00 bits per heavy atom. The Morgan fingerprint density at radius 1 is 1.15 bits per heavy atom. The molecule has 4 unspecified atom stereocenters. The maximum atomic E-state index is 5.81. The fourth-order valence-electron chi connectivity index (χ4n) is 2.18. The van der Waals surface area contributed by atoms with Crippen LogP contribution in [0.4, 0.5) is 0 Å². The van der Waals surface area contributed by atoms with E-state index in [1.807, 2.05) is 0 Å². The third-order valence-electron chi connectivity index (χ3n) is 2.88. The molecule has 0 bridgehead atoms. The molecule has 0 aliphatic carbocycles. The van der Waals surface area contributed by atoms with Gasteiger partial charge >= 0.3 is 0 Å². The van der Waals surface area contributed by atoms with Gasteiger partial charge in [0.05, 0.1) is 31.5 Å². The van der Waals surface area contributed by atoms with Gasteiger partial charge in [-0.3, -0.25) is 0 Å². The van der Waals surface area contributed by atoms with Crippen molar-refractivity contribution in [3.05, 3.63) is 0 Å². The number of hydrogen-bond donors (Lipinski definition) is 1. The third kappa shape index (κ3) is 2.22. The van der Waals surface area contributed by atoms with Gasteiger partial charge in [-0.1, -0.05) is 0 Å². The van der Waals surface area contributed by atoms with Crippen molar-refractivity contribution in [1.82, 2.24) is 5.32 Å². The summed E-state index contributed by atoms with van der Waals surface area (Å²) in [6.45, 7) is 5.94. The second kappa shape index (κ2) is 3.95. The van der Waals surface area contributed by atoms with Crippen LogP contribution in [-0.2, 0) is 9.47 Å². The summed E-state index contributed by atoms with van der Waals surface area (Å²) in [7, 11) is 0. The van der Waals surface area contributed by atoms with E-state index in [1.165, 1.54) is 12.8 Å². The second-order valence-corrected chi connectivity index (χ2v) is 4.27. The second-order valence-electron chi connectivity index (χ2n) is 4.27. The summed E-state index contributed by atoms with van der Waals surface area (Å²) in [5.74, 6) is 0. The quantitative estimate of drug-likeness (QED) is 0.659. The molecule has 2 aliphatic heterocycles. The Kier molecular flexibility index (Phi) is 2.86. The van der Waals surface area contributed by atoms with Crippen molar-refractivity contribution >= 4 is 0 Å². The van der Waals surface area contributed by atoms with Crippen molar-refractivity contribution in [3.63, 3.8) is 0 Å². The molecular weight excluding hydrogens is 166 g/mol. The van der Waals surface area contributed by atoms with Crippen LogP contribution < -0.4 is 5.32 Å². The normalized spacial score (nSPS) is 46.6. The lowest BCUT2D eigenvalue weighted by atomic mass is 10.1. The van der Waals surface area contributed by atoms with E-state index in [-0.39, 0.29) is 0 Å². The molecule has 2 aliphatic rings. The summed E-state index contributed by atoms with van der Waals surface area (Å²) in [5.41, 5.74) is 0. The van der Waals surface area contributed by atoms with Crippen molar-refractivity contribution < 1.29 is 9.47 Å². The Labute approximate surface area is 79.8 Å². The first kappa shape index (κ1) is 9.44. The average Bonchev–Trinajstić information content (AvgIpc) is 2.52. The van der Waals surface area contributed by atoms with Crippen LogP contribution in [0.25, 0.3) is 0 Å². The van der Waals surface area contributed by atoms with Crippen LogP contribution in [0.5, 0.6) is 0 Å². The summed E-state index contributed by atoms with van der Waals surface area (Å²) in [6, 6.07) is 0.881. The van der Waals surface area contributed by atoms with Gasteiger partial charge in [-0.2, -0.15) is 0 Å². The third-order valence-corrected chi connectivity index (χ3v) is 2.88. The van der Waals surface area contributed by atoms with E-state index in [4.69, 9.17) is 9.47 Å².